The molecule has 0 fully saturated rings. The topological polar surface area (TPSA) is 40.5 Å². The highest BCUT2D eigenvalue weighted by Gasteiger charge is 2.28. The summed E-state index contributed by atoms with van der Waals surface area (Å²) in [7, 11) is 0. The fourth-order valence-corrected chi connectivity index (χ4v) is 5.88. The second kappa shape index (κ2) is 9.50. The van der Waals surface area contributed by atoms with Crippen molar-refractivity contribution >= 4 is 23.5 Å². The molecule has 34 heavy (non-hydrogen) atoms. The maximum Gasteiger partial charge on any atom is 0.123 e. The zero-order valence-electron chi connectivity index (χ0n) is 23.2. The van der Waals surface area contributed by atoms with E-state index in [0.717, 1.165) is 36.3 Å². The first kappa shape index (κ1) is 28.7. The van der Waals surface area contributed by atoms with Gasteiger partial charge in [0.25, 0.3) is 0 Å². The van der Waals surface area contributed by atoms with E-state index in [4.69, 9.17) is 0 Å². The van der Waals surface area contributed by atoms with Gasteiger partial charge in [-0.25, -0.2) is 0 Å². The van der Waals surface area contributed by atoms with E-state index >= 15 is 0 Å². The van der Waals surface area contributed by atoms with Crippen LogP contribution < -0.4 is 0 Å². The maximum atomic E-state index is 11.0. The van der Waals surface area contributed by atoms with Crippen LogP contribution in [0, 0.1) is 0 Å². The van der Waals surface area contributed by atoms with Crippen LogP contribution in [0.3, 0.4) is 0 Å². The average molecular weight is 501 g/mol. The predicted octanol–water partition coefficient (Wildman–Crippen LogP) is 9.64. The summed E-state index contributed by atoms with van der Waals surface area (Å²) in [6.07, 6.45) is 0. The Balaban J connectivity index is 2.49. The molecule has 0 spiro atoms. The van der Waals surface area contributed by atoms with Crippen molar-refractivity contribution in [3.05, 3.63) is 57.3 Å². The Hall–Kier alpha value is -1.52. The van der Waals surface area contributed by atoms with E-state index in [1.807, 2.05) is 0 Å². The summed E-state index contributed by atoms with van der Waals surface area (Å²) in [5.74, 6) is 0.788. The van der Waals surface area contributed by atoms with Gasteiger partial charge in [0.2, 0.25) is 0 Å². The van der Waals surface area contributed by atoms with E-state index < -0.39 is 0 Å². The van der Waals surface area contributed by atoms with Gasteiger partial charge in [-0.05, 0) is 45.9 Å². The van der Waals surface area contributed by atoms with Gasteiger partial charge in [-0.1, -0.05) is 113 Å². The lowest BCUT2D eigenvalue weighted by Crippen LogP contribution is -2.17. The number of thioether (sulfide) groups is 2. The summed E-state index contributed by atoms with van der Waals surface area (Å²) in [5, 5.41) is 22.1. The van der Waals surface area contributed by atoms with Crippen LogP contribution in [0.4, 0.5) is 0 Å². The van der Waals surface area contributed by atoms with E-state index in [-0.39, 0.29) is 21.7 Å². The van der Waals surface area contributed by atoms with Crippen LogP contribution in [0.25, 0.3) is 0 Å². The van der Waals surface area contributed by atoms with Crippen molar-refractivity contribution in [1.82, 2.24) is 0 Å². The molecule has 0 atom stereocenters. The SMILES string of the molecule is C=C(Sc1cc(C(C)(C)C)c(O)c(C(C)(C)C)c1)Sc1cc(C(C)(C)C)c(O)c(C(C)(C)C)c1. The molecule has 4 heteroatoms. The molecule has 0 heterocycles. The first-order valence-electron chi connectivity index (χ1n) is 11.9. The molecule has 0 aromatic heterocycles. The summed E-state index contributed by atoms with van der Waals surface area (Å²) in [5.41, 5.74) is 3.13. The number of phenolic OH excluding ortho intramolecular Hbond substituents is 2. The fraction of sp³-hybridized carbons (Fsp3) is 0.533. The van der Waals surface area contributed by atoms with Crippen LogP contribution in [0.15, 0.2) is 44.9 Å². The number of hydrogen-bond acceptors (Lipinski definition) is 4. The molecular formula is C30H44O2S2. The van der Waals surface area contributed by atoms with Crippen molar-refractivity contribution in [3.8, 4) is 11.5 Å². The quantitative estimate of drug-likeness (QED) is 0.410. The third-order valence-electron chi connectivity index (χ3n) is 5.86. The summed E-state index contributed by atoms with van der Waals surface area (Å²) >= 11 is 3.27. The summed E-state index contributed by atoms with van der Waals surface area (Å²) < 4.78 is 0.954. The van der Waals surface area contributed by atoms with Gasteiger partial charge in [-0.15, -0.1) is 0 Å². The minimum Gasteiger partial charge on any atom is -0.507 e. The minimum atomic E-state index is -0.171. The molecule has 0 amide bonds. The number of aromatic hydroxyl groups is 2. The van der Waals surface area contributed by atoms with E-state index in [1.165, 1.54) is 0 Å². The summed E-state index contributed by atoms with van der Waals surface area (Å²) in [6.45, 7) is 29.9. The highest BCUT2D eigenvalue weighted by molar-refractivity contribution is 8.22. The minimum absolute atomic E-state index is 0.171. The van der Waals surface area contributed by atoms with Gasteiger partial charge in [-0.2, -0.15) is 0 Å². The van der Waals surface area contributed by atoms with Gasteiger partial charge in [0.05, 0.1) is 0 Å². The first-order valence-corrected chi connectivity index (χ1v) is 13.6. The van der Waals surface area contributed by atoms with Gasteiger partial charge >= 0.3 is 0 Å². The zero-order chi connectivity index (χ0) is 26.4. The lowest BCUT2D eigenvalue weighted by molar-refractivity contribution is 0.421. The molecular weight excluding hydrogens is 456 g/mol. The van der Waals surface area contributed by atoms with Crippen LogP contribution in [-0.4, -0.2) is 10.2 Å². The molecule has 0 aliphatic rings. The molecule has 2 rings (SSSR count). The third-order valence-corrected chi connectivity index (χ3v) is 7.76. The van der Waals surface area contributed by atoms with Crippen molar-refractivity contribution in [2.45, 2.75) is 115 Å². The van der Waals surface area contributed by atoms with Crippen LogP contribution in [0.5, 0.6) is 11.5 Å². The number of rotatable bonds is 4. The standard InChI is InChI=1S/C30H44O2S2/c1-18(33-19-14-21(27(2,3)4)25(31)22(15-19)28(5,6)7)34-20-16-23(29(8,9)10)26(32)24(17-20)30(11,12)13/h14-17,31-32H,1H2,2-13H3. The molecule has 0 aliphatic heterocycles. The van der Waals surface area contributed by atoms with Gasteiger partial charge in [0.1, 0.15) is 11.5 Å². The highest BCUT2D eigenvalue weighted by atomic mass is 32.2. The van der Waals surface area contributed by atoms with Crippen LogP contribution >= 0.6 is 23.5 Å². The predicted molar refractivity (Wildman–Crippen MR) is 152 cm³/mol. The highest BCUT2D eigenvalue weighted by Crippen LogP contribution is 2.47. The molecule has 0 saturated carbocycles. The van der Waals surface area contributed by atoms with E-state index in [9.17, 15) is 10.2 Å². The second-order valence-electron chi connectivity index (χ2n) is 13.3. The molecule has 2 N–H and O–H groups in total. The normalized spacial score (nSPS) is 13.3. The fourth-order valence-electron chi connectivity index (χ4n) is 3.90. The number of phenols is 2. The average Bonchev–Trinajstić information content (AvgIpc) is 2.60. The number of benzene rings is 2. The van der Waals surface area contributed by atoms with Gasteiger partial charge < -0.3 is 10.2 Å². The van der Waals surface area contributed by atoms with Crippen LogP contribution in [-0.2, 0) is 21.7 Å². The molecule has 188 valence electrons. The molecule has 2 nitrogen and oxygen atoms in total. The third kappa shape index (κ3) is 6.79. The zero-order valence-corrected chi connectivity index (χ0v) is 24.9. The molecule has 0 bridgehead atoms. The van der Waals surface area contributed by atoms with Crippen molar-refractivity contribution in [2.24, 2.45) is 0 Å². The summed E-state index contributed by atoms with van der Waals surface area (Å²) in [4.78, 5) is 2.16. The Bertz CT molecular complexity index is 913. The molecule has 0 aliphatic carbocycles. The van der Waals surface area contributed by atoms with E-state index in [0.29, 0.717) is 11.5 Å². The maximum absolute atomic E-state index is 11.0. The second-order valence-corrected chi connectivity index (χ2v) is 15.9. The Morgan fingerprint density at radius 1 is 0.529 bits per heavy atom. The Labute approximate surface area is 216 Å². The van der Waals surface area contributed by atoms with E-state index in [1.54, 1.807) is 23.5 Å². The Kier molecular flexibility index (Phi) is 8.02. The van der Waals surface area contributed by atoms with Gasteiger partial charge in [0.15, 0.2) is 0 Å². The lowest BCUT2D eigenvalue weighted by Gasteiger charge is -2.28. The molecule has 0 radical (unpaired) electrons. The molecule has 0 saturated heterocycles. The van der Waals surface area contributed by atoms with Crippen molar-refractivity contribution in [3.63, 3.8) is 0 Å². The van der Waals surface area contributed by atoms with Gasteiger partial charge in [0, 0.05) is 36.3 Å². The van der Waals surface area contributed by atoms with Crippen LogP contribution in [0.1, 0.15) is 105 Å². The van der Waals surface area contributed by atoms with E-state index in [2.05, 4.69) is 114 Å². The summed E-state index contributed by atoms with van der Waals surface area (Å²) in [6, 6.07) is 8.38. The smallest absolute Gasteiger partial charge is 0.123 e. The Morgan fingerprint density at radius 3 is 0.912 bits per heavy atom. The largest absolute Gasteiger partial charge is 0.507 e. The van der Waals surface area contributed by atoms with Crippen molar-refractivity contribution < 1.29 is 10.2 Å². The van der Waals surface area contributed by atoms with Crippen molar-refractivity contribution in [1.29, 1.82) is 0 Å². The Morgan fingerprint density at radius 2 is 0.735 bits per heavy atom. The number of hydrogen-bond donors (Lipinski definition) is 2. The molecule has 0 unspecified atom stereocenters. The monoisotopic (exact) mass is 500 g/mol. The molecule has 2 aromatic carbocycles. The molecule has 2 aromatic rings. The van der Waals surface area contributed by atoms with Crippen molar-refractivity contribution in [2.75, 3.05) is 0 Å². The van der Waals surface area contributed by atoms with Crippen LogP contribution in [0.2, 0.25) is 0 Å². The van der Waals surface area contributed by atoms with Gasteiger partial charge in [-0.3, -0.25) is 0 Å². The first-order chi connectivity index (χ1) is 15.1. The lowest BCUT2D eigenvalue weighted by atomic mass is 9.79.